The maximum Gasteiger partial charge on any atom is 0.314 e. The molecule has 1 aromatic carbocycles. The van der Waals surface area contributed by atoms with Crippen LogP contribution in [0.4, 0.5) is 0 Å². The molecule has 0 amide bonds. The molecule has 3 heteroatoms. The van der Waals surface area contributed by atoms with Gasteiger partial charge >= 0.3 is 5.97 Å². The number of hydrogen-bond acceptors (Lipinski definition) is 1. The molecular weight excluding hydrogens is 303 g/mol. The lowest BCUT2D eigenvalue weighted by atomic mass is 9.73. The Balaban J connectivity index is 3.22. The van der Waals surface area contributed by atoms with Crippen LogP contribution in [-0.2, 0) is 10.2 Å². The zero-order chi connectivity index (χ0) is 11.6. The minimum Gasteiger partial charge on any atom is -0.481 e. The van der Waals surface area contributed by atoms with Crippen molar-refractivity contribution in [3.8, 4) is 0 Å². The fraction of sp³-hybridized carbons (Fsp3) is 0.417. The predicted molar refractivity (Wildman–Crippen MR) is 69.0 cm³/mol. The quantitative estimate of drug-likeness (QED) is 0.869. The molecule has 82 valence electrons. The lowest BCUT2D eigenvalue weighted by Gasteiger charge is -2.29. The Hall–Kier alpha value is -0.580. The van der Waals surface area contributed by atoms with Crippen LogP contribution in [0.5, 0.6) is 0 Å². The summed E-state index contributed by atoms with van der Waals surface area (Å²) in [6, 6.07) is 7.69. The molecule has 0 fully saturated rings. The molecule has 0 aromatic heterocycles. The summed E-state index contributed by atoms with van der Waals surface area (Å²) in [5.74, 6) is -0.700. The molecule has 1 aromatic rings. The fourth-order valence-electron chi connectivity index (χ4n) is 1.50. The van der Waals surface area contributed by atoms with Crippen LogP contribution in [0.25, 0.3) is 0 Å². The topological polar surface area (TPSA) is 37.3 Å². The van der Waals surface area contributed by atoms with E-state index in [1.54, 1.807) is 6.92 Å². The van der Waals surface area contributed by atoms with Gasteiger partial charge in [0.05, 0.1) is 5.41 Å². The van der Waals surface area contributed by atoms with Gasteiger partial charge in [-0.2, -0.15) is 0 Å². The Morgan fingerprint density at radius 3 is 2.13 bits per heavy atom. The van der Waals surface area contributed by atoms with E-state index in [2.05, 4.69) is 22.6 Å². The lowest BCUT2D eigenvalue weighted by Crippen LogP contribution is -2.37. The summed E-state index contributed by atoms with van der Waals surface area (Å²) >= 11 is 2.21. The highest BCUT2D eigenvalue weighted by atomic mass is 127. The van der Waals surface area contributed by atoms with Gasteiger partial charge in [0.15, 0.2) is 0 Å². The highest BCUT2D eigenvalue weighted by molar-refractivity contribution is 14.1. The Labute approximate surface area is 104 Å². The van der Waals surface area contributed by atoms with Crippen LogP contribution in [0.3, 0.4) is 0 Å². The minimum atomic E-state index is -0.801. The van der Waals surface area contributed by atoms with Gasteiger partial charge in [-0.3, -0.25) is 4.79 Å². The normalized spacial score (nSPS) is 15.0. The van der Waals surface area contributed by atoms with Crippen LogP contribution < -0.4 is 0 Å². The Morgan fingerprint density at radius 1 is 1.33 bits per heavy atom. The van der Waals surface area contributed by atoms with E-state index < -0.39 is 11.4 Å². The summed E-state index contributed by atoms with van der Waals surface area (Å²) in [6.07, 6.45) is 0. The van der Waals surface area contributed by atoms with Gasteiger partial charge in [-0.15, -0.1) is 0 Å². The van der Waals surface area contributed by atoms with Crippen LogP contribution in [-0.4, -0.2) is 11.1 Å². The van der Waals surface area contributed by atoms with Crippen molar-refractivity contribution in [2.45, 2.75) is 26.2 Å². The average molecular weight is 318 g/mol. The average Bonchev–Trinajstić information content (AvgIpc) is 2.17. The van der Waals surface area contributed by atoms with Gasteiger partial charge in [-0.25, -0.2) is 0 Å². The van der Waals surface area contributed by atoms with E-state index in [-0.39, 0.29) is 5.92 Å². The van der Waals surface area contributed by atoms with E-state index in [4.69, 9.17) is 0 Å². The van der Waals surface area contributed by atoms with Crippen LogP contribution >= 0.6 is 22.6 Å². The van der Waals surface area contributed by atoms with E-state index in [0.29, 0.717) is 0 Å². The summed E-state index contributed by atoms with van der Waals surface area (Å²) in [6.45, 7) is 5.65. The third-order valence-electron chi connectivity index (χ3n) is 3.04. The van der Waals surface area contributed by atoms with Gasteiger partial charge in [0.25, 0.3) is 0 Å². The summed E-state index contributed by atoms with van der Waals surface area (Å²) < 4.78 is 1.12. The van der Waals surface area contributed by atoms with Gasteiger partial charge < -0.3 is 5.11 Å². The van der Waals surface area contributed by atoms with Crippen molar-refractivity contribution in [1.82, 2.24) is 0 Å². The molecule has 0 aliphatic carbocycles. The molecule has 0 spiro atoms. The molecule has 0 heterocycles. The maximum atomic E-state index is 11.3. The van der Waals surface area contributed by atoms with Crippen molar-refractivity contribution in [2.75, 3.05) is 0 Å². The van der Waals surface area contributed by atoms with Gasteiger partial charge in [0.1, 0.15) is 0 Å². The third-order valence-corrected chi connectivity index (χ3v) is 3.76. The summed E-state index contributed by atoms with van der Waals surface area (Å²) in [5.41, 5.74) is 0.0649. The molecular formula is C12H15IO2. The summed E-state index contributed by atoms with van der Waals surface area (Å²) in [4.78, 5) is 11.3. The third kappa shape index (κ3) is 2.33. The van der Waals surface area contributed by atoms with Crippen LogP contribution in [0.1, 0.15) is 26.3 Å². The number of carboxylic acids is 1. The molecule has 0 saturated carbocycles. The van der Waals surface area contributed by atoms with E-state index in [1.807, 2.05) is 38.1 Å². The number of benzene rings is 1. The van der Waals surface area contributed by atoms with Gasteiger partial charge in [-0.05, 0) is 53.1 Å². The summed E-state index contributed by atoms with van der Waals surface area (Å²) in [5, 5.41) is 9.32. The number of rotatable bonds is 3. The number of halogens is 1. The smallest absolute Gasteiger partial charge is 0.314 e. The van der Waals surface area contributed by atoms with Crippen molar-refractivity contribution in [3.63, 3.8) is 0 Å². The molecule has 0 radical (unpaired) electrons. The Kier molecular flexibility index (Phi) is 3.76. The van der Waals surface area contributed by atoms with Crippen LogP contribution in [0.15, 0.2) is 24.3 Å². The first-order valence-corrected chi connectivity index (χ1v) is 5.96. The zero-order valence-corrected chi connectivity index (χ0v) is 11.3. The van der Waals surface area contributed by atoms with Crippen molar-refractivity contribution < 1.29 is 9.90 Å². The maximum absolute atomic E-state index is 11.3. The molecule has 1 N–H and O–H groups in total. The van der Waals surface area contributed by atoms with Gasteiger partial charge in [0.2, 0.25) is 0 Å². The van der Waals surface area contributed by atoms with Crippen molar-refractivity contribution >= 4 is 28.6 Å². The van der Waals surface area contributed by atoms with Gasteiger partial charge in [-0.1, -0.05) is 26.0 Å². The largest absolute Gasteiger partial charge is 0.481 e. The number of carboxylic acid groups (broad SMARTS) is 1. The second-order valence-corrected chi connectivity index (χ2v) is 5.41. The zero-order valence-electron chi connectivity index (χ0n) is 9.12. The number of aliphatic carboxylic acids is 1. The highest BCUT2D eigenvalue weighted by Gasteiger charge is 2.38. The highest BCUT2D eigenvalue weighted by Crippen LogP contribution is 2.32. The molecule has 2 nitrogen and oxygen atoms in total. The lowest BCUT2D eigenvalue weighted by molar-refractivity contribution is -0.145. The predicted octanol–water partition coefficient (Wildman–Crippen LogP) is 3.29. The first-order valence-electron chi connectivity index (χ1n) is 4.88. The Bertz CT molecular complexity index is 356. The second kappa shape index (κ2) is 4.51. The van der Waals surface area contributed by atoms with Gasteiger partial charge in [0, 0.05) is 3.57 Å². The Morgan fingerprint density at radius 2 is 1.80 bits per heavy atom. The molecule has 1 rings (SSSR count). The van der Waals surface area contributed by atoms with Crippen molar-refractivity contribution in [2.24, 2.45) is 5.92 Å². The number of hydrogen-bond donors (Lipinski definition) is 1. The second-order valence-electron chi connectivity index (χ2n) is 4.17. The molecule has 0 aliphatic heterocycles. The van der Waals surface area contributed by atoms with Crippen LogP contribution in [0, 0.1) is 9.49 Å². The number of carbonyl (C=O) groups is 1. The van der Waals surface area contributed by atoms with E-state index in [0.717, 1.165) is 9.13 Å². The fourth-order valence-corrected chi connectivity index (χ4v) is 1.86. The standard InChI is InChI=1S/C12H15IO2/c1-8(2)12(3,11(14)15)9-4-6-10(13)7-5-9/h4-8H,1-3H3,(H,14,15). The van der Waals surface area contributed by atoms with E-state index in [9.17, 15) is 9.90 Å². The van der Waals surface area contributed by atoms with Crippen LogP contribution in [0.2, 0.25) is 0 Å². The van der Waals surface area contributed by atoms with Crippen molar-refractivity contribution in [3.05, 3.63) is 33.4 Å². The van der Waals surface area contributed by atoms with E-state index in [1.165, 1.54) is 0 Å². The molecule has 1 unspecified atom stereocenters. The SMILES string of the molecule is CC(C)C(C)(C(=O)O)c1ccc(I)cc1. The molecule has 0 saturated heterocycles. The first-order chi connectivity index (χ1) is 6.89. The first kappa shape index (κ1) is 12.5. The molecule has 0 bridgehead atoms. The molecule has 1 atom stereocenters. The summed E-state index contributed by atoms with van der Waals surface area (Å²) in [7, 11) is 0. The minimum absolute atomic E-state index is 0.0649. The monoisotopic (exact) mass is 318 g/mol. The van der Waals surface area contributed by atoms with Crippen molar-refractivity contribution in [1.29, 1.82) is 0 Å². The molecule has 0 aliphatic rings. The molecule has 15 heavy (non-hydrogen) atoms. The van der Waals surface area contributed by atoms with E-state index >= 15 is 0 Å².